The van der Waals surface area contributed by atoms with Crippen molar-refractivity contribution in [3.63, 3.8) is 0 Å². The summed E-state index contributed by atoms with van der Waals surface area (Å²) in [6.45, 7) is 8.75. The third-order valence-corrected chi connectivity index (χ3v) is 2.00. The molecule has 0 unspecified atom stereocenters. The number of ether oxygens (including phenoxy) is 2. The molecule has 100 valence electrons. The van der Waals surface area contributed by atoms with Crippen molar-refractivity contribution in [2.45, 2.75) is 39.7 Å². The van der Waals surface area contributed by atoms with Crippen LogP contribution in [0.1, 0.15) is 33.6 Å². The van der Waals surface area contributed by atoms with E-state index < -0.39 is 0 Å². The lowest BCUT2D eigenvalue weighted by atomic mass is 10.3. The van der Waals surface area contributed by atoms with Gasteiger partial charge in [0.2, 0.25) is 0 Å². The van der Waals surface area contributed by atoms with Gasteiger partial charge in [-0.05, 0) is 40.2 Å². The highest BCUT2D eigenvalue weighted by Crippen LogP contribution is 1.93. The van der Waals surface area contributed by atoms with E-state index in [9.17, 15) is 4.79 Å². The zero-order valence-electron chi connectivity index (χ0n) is 11.2. The van der Waals surface area contributed by atoms with Crippen LogP contribution in [0.2, 0.25) is 0 Å². The van der Waals surface area contributed by atoms with Gasteiger partial charge in [0.15, 0.2) is 0 Å². The van der Waals surface area contributed by atoms with Crippen molar-refractivity contribution in [3.8, 4) is 0 Å². The number of carbonyl (C=O) groups is 1. The summed E-state index contributed by atoms with van der Waals surface area (Å²) in [6.07, 6.45) is 5.70. The van der Waals surface area contributed by atoms with Crippen LogP contribution in [0, 0.1) is 0 Å². The van der Waals surface area contributed by atoms with Crippen LogP contribution in [-0.4, -0.2) is 38.4 Å². The summed E-state index contributed by atoms with van der Waals surface area (Å²) in [5, 5.41) is 3.22. The largest absolute Gasteiger partial charge is 0.463 e. The van der Waals surface area contributed by atoms with Crippen molar-refractivity contribution >= 4 is 5.97 Å². The molecule has 0 bridgehead atoms. The lowest BCUT2D eigenvalue weighted by molar-refractivity contribution is -0.137. The van der Waals surface area contributed by atoms with E-state index in [2.05, 4.69) is 5.32 Å². The maximum Gasteiger partial charge on any atom is 0.330 e. The lowest BCUT2D eigenvalue weighted by Crippen LogP contribution is -2.16. The topological polar surface area (TPSA) is 47.6 Å². The minimum Gasteiger partial charge on any atom is -0.463 e. The molecule has 0 aliphatic heterocycles. The first-order chi connectivity index (χ1) is 8.16. The van der Waals surface area contributed by atoms with E-state index in [0.717, 1.165) is 26.0 Å². The zero-order chi connectivity index (χ0) is 12.9. The number of nitrogens with one attached hydrogen (secondary N) is 1. The van der Waals surface area contributed by atoms with Gasteiger partial charge in [-0.3, -0.25) is 0 Å². The van der Waals surface area contributed by atoms with Gasteiger partial charge in [-0.25, -0.2) is 4.79 Å². The molecule has 0 radical (unpaired) electrons. The van der Waals surface area contributed by atoms with Gasteiger partial charge in [-0.15, -0.1) is 0 Å². The molecule has 0 fully saturated rings. The van der Waals surface area contributed by atoms with Gasteiger partial charge in [0.1, 0.15) is 0 Å². The van der Waals surface area contributed by atoms with Crippen molar-refractivity contribution in [2.24, 2.45) is 0 Å². The molecule has 0 heterocycles. The van der Waals surface area contributed by atoms with Crippen LogP contribution in [0.3, 0.4) is 0 Å². The second kappa shape index (κ2) is 11.6. The molecule has 0 aliphatic carbocycles. The highest BCUT2D eigenvalue weighted by molar-refractivity contribution is 5.81. The molecule has 0 aromatic rings. The minimum atomic E-state index is -0.278. The standard InChI is InChI=1S/C13H25NO3/c1-4-16-13(15)8-7-10-14-9-5-6-11-17-12(2)3/h7-8,12,14H,4-6,9-11H2,1-3H3/b8-7+. The fourth-order valence-corrected chi connectivity index (χ4v) is 1.20. The van der Waals surface area contributed by atoms with Gasteiger partial charge in [0, 0.05) is 19.2 Å². The molecule has 0 amide bonds. The fraction of sp³-hybridized carbons (Fsp3) is 0.769. The van der Waals surface area contributed by atoms with Crippen LogP contribution in [0.25, 0.3) is 0 Å². The zero-order valence-corrected chi connectivity index (χ0v) is 11.2. The van der Waals surface area contributed by atoms with Crippen molar-refractivity contribution in [2.75, 3.05) is 26.3 Å². The molecule has 0 aromatic carbocycles. The van der Waals surface area contributed by atoms with Gasteiger partial charge in [0.05, 0.1) is 12.7 Å². The molecular formula is C13H25NO3. The third kappa shape index (κ3) is 13.1. The smallest absolute Gasteiger partial charge is 0.330 e. The molecule has 0 aromatic heterocycles. The van der Waals surface area contributed by atoms with Gasteiger partial charge in [-0.2, -0.15) is 0 Å². The van der Waals surface area contributed by atoms with E-state index in [0.29, 0.717) is 19.3 Å². The lowest BCUT2D eigenvalue weighted by Gasteiger charge is -2.06. The van der Waals surface area contributed by atoms with Gasteiger partial charge < -0.3 is 14.8 Å². The Labute approximate surface area is 104 Å². The summed E-state index contributed by atoms with van der Waals surface area (Å²) in [6, 6.07) is 0. The van der Waals surface area contributed by atoms with E-state index in [4.69, 9.17) is 9.47 Å². The number of hydrogen-bond donors (Lipinski definition) is 1. The number of esters is 1. The predicted octanol–water partition coefficient (Wildman–Crippen LogP) is 1.90. The second-order valence-electron chi connectivity index (χ2n) is 3.99. The molecule has 0 aliphatic rings. The van der Waals surface area contributed by atoms with E-state index in [-0.39, 0.29) is 5.97 Å². The first-order valence-electron chi connectivity index (χ1n) is 6.32. The number of rotatable bonds is 10. The average molecular weight is 243 g/mol. The summed E-state index contributed by atoms with van der Waals surface area (Å²) in [4.78, 5) is 10.9. The summed E-state index contributed by atoms with van der Waals surface area (Å²) >= 11 is 0. The van der Waals surface area contributed by atoms with Crippen LogP contribution in [0.5, 0.6) is 0 Å². The molecule has 0 spiro atoms. The maximum atomic E-state index is 10.9. The Hall–Kier alpha value is -0.870. The van der Waals surface area contributed by atoms with E-state index in [1.165, 1.54) is 6.08 Å². The Bertz CT molecular complexity index is 215. The Morgan fingerprint density at radius 3 is 2.76 bits per heavy atom. The van der Waals surface area contributed by atoms with Crippen molar-refractivity contribution in [1.29, 1.82) is 0 Å². The summed E-state index contributed by atoms with van der Waals surface area (Å²) < 4.78 is 10.2. The highest BCUT2D eigenvalue weighted by Gasteiger charge is 1.93. The first kappa shape index (κ1) is 16.1. The second-order valence-corrected chi connectivity index (χ2v) is 3.99. The maximum absolute atomic E-state index is 10.9. The van der Waals surface area contributed by atoms with Crippen LogP contribution in [0.4, 0.5) is 0 Å². The first-order valence-corrected chi connectivity index (χ1v) is 6.32. The Balaban J connectivity index is 3.20. The SMILES string of the molecule is CCOC(=O)/C=C/CNCCCCOC(C)C. The highest BCUT2D eigenvalue weighted by atomic mass is 16.5. The number of carbonyl (C=O) groups excluding carboxylic acids is 1. The number of hydrogen-bond acceptors (Lipinski definition) is 4. The van der Waals surface area contributed by atoms with Gasteiger partial charge in [-0.1, -0.05) is 6.08 Å². The van der Waals surface area contributed by atoms with E-state index in [1.54, 1.807) is 13.0 Å². The van der Waals surface area contributed by atoms with E-state index >= 15 is 0 Å². The van der Waals surface area contributed by atoms with Crippen molar-refractivity contribution < 1.29 is 14.3 Å². The van der Waals surface area contributed by atoms with Crippen LogP contribution in [-0.2, 0) is 14.3 Å². The molecule has 0 atom stereocenters. The molecule has 0 saturated heterocycles. The normalized spacial score (nSPS) is 11.3. The Kier molecular flexibility index (Phi) is 11.0. The van der Waals surface area contributed by atoms with Crippen LogP contribution >= 0.6 is 0 Å². The molecule has 0 rings (SSSR count). The fourth-order valence-electron chi connectivity index (χ4n) is 1.20. The predicted molar refractivity (Wildman–Crippen MR) is 69.0 cm³/mol. The molecule has 4 heteroatoms. The Morgan fingerprint density at radius 1 is 1.35 bits per heavy atom. The quantitative estimate of drug-likeness (QED) is 0.362. The Morgan fingerprint density at radius 2 is 2.12 bits per heavy atom. The molecule has 17 heavy (non-hydrogen) atoms. The molecule has 4 nitrogen and oxygen atoms in total. The van der Waals surface area contributed by atoms with Crippen LogP contribution in [0.15, 0.2) is 12.2 Å². The monoisotopic (exact) mass is 243 g/mol. The third-order valence-electron chi connectivity index (χ3n) is 2.00. The summed E-state index contributed by atoms with van der Waals surface area (Å²) in [5.41, 5.74) is 0. The minimum absolute atomic E-state index is 0.278. The number of unbranched alkanes of at least 4 members (excludes halogenated alkanes) is 1. The van der Waals surface area contributed by atoms with E-state index in [1.807, 2.05) is 13.8 Å². The average Bonchev–Trinajstić information content (AvgIpc) is 2.27. The molecule has 0 saturated carbocycles. The summed E-state index contributed by atoms with van der Waals surface area (Å²) in [7, 11) is 0. The molecule has 1 N–H and O–H groups in total. The van der Waals surface area contributed by atoms with Crippen molar-refractivity contribution in [1.82, 2.24) is 5.32 Å². The van der Waals surface area contributed by atoms with Crippen LogP contribution < -0.4 is 5.32 Å². The van der Waals surface area contributed by atoms with Gasteiger partial charge >= 0.3 is 5.97 Å². The van der Waals surface area contributed by atoms with Gasteiger partial charge in [0.25, 0.3) is 0 Å². The van der Waals surface area contributed by atoms with Crippen molar-refractivity contribution in [3.05, 3.63) is 12.2 Å². The molecular weight excluding hydrogens is 218 g/mol. The summed E-state index contributed by atoms with van der Waals surface area (Å²) in [5.74, 6) is -0.278.